The van der Waals surface area contributed by atoms with Crippen molar-refractivity contribution in [2.24, 2.45) is 0 Å². The number of rotatable bonds is 2. The number of carbonyl (C=O) groups is 1. The summed E-state index contributed by atoms with van der Waals surface area (Å²) in [5.41, 5.74) is 0.576. The monoisotopic (exact) mass is 219 g/mol. The fourth-order valence-corrected chi connectivity index (χ4v) is 1.17. The molecule has 0 aliphatic rings. The Morgan fingerprint density at radius 1 is 1.07 bits per heavy atom. The first-order chi connectivity index (χ1) is 7.27. The van der Waals surface area contributed by atoms with Gasteiger partial charge < -0.3 is 0 Å². The van der Waals surface area contributed by atoms with Crippen LogP contribution in [-0.4, -0.2) is 21.0 Å². The van der Waals surface area contributed by atoms with Crippen LogP contribution in [0.4, 0.5) is 0 Å². The highest BCUT2D eigenvalue weighted by molar-refractivity contribution is 6.29. The number of pyridine rings is 1. The Hall–Kier alpha value is -1.81. The molecular formula is C10H6ClN3O. The molecule has 74 valence electrons. The van der Waals surface area contributed by atoms with Crippen molar-refractivity contribution in [2.45, 2.75) is 0 Å². The van der Waals surface area contributed by atoms with Crippen LogP contribution in [0.15, 0.2) is 36.5 Å². The van der Waals surface area contributed by atoms with Crippen LogP contribution in [0.5, 0.6) is 0 Å². The molecule has 2 heterocycles. The lowest BCUT2D eigenvalue weighted by Gasteiger charge is -1.97. The van der Waals surface area contributed by atoms with Gasteiger partial charge in [0.2, 0.25) is 5.78 Å². The Kier molecular flexibility index (Phi) is 2.69. The van der Waals surface area contributed by atoms with Gasteiger partial charge in [0.25, 0.3) is 0 Å². The number of aromatic nitrogens is 3. The van der Waals surface area contributed by atoms with Gasteiger partial charge in [-0.2, -0.15) is 0 Å². The summed E-state index contributed by atoms with van der Waals surface area (Å²) < 4.78 is 0. The molecule has 0 aromatic carbocycles. The summed E-state index contributed by atoms with van der Waals surface area (Å²) in [5.74, 6) is -0.264. The molecule has 0 saturated heterocycles. The fraction of sp³-hybridized carbons (Fsp3) is 0. The average Bonchev–Trinajstić information content (AvgIpc) is 2.30. The van der Waals surface area contributed by atoms with Crippen LogP contribution in [0.1, 0.15) is 16.2 Å². The van der Waals surface area contributed by atoms with E-state index in [0.29, 0.717) is 5.69 Å². The molecule has 4 nitrogen and oxygen atoms in total. The number of nitrogens with zero attached hydrogens (tertiary/aromatic N) is 3. The predicted molar refractivity (Wildman–Crippen MR) is 54.7 cm³/mol. The molecule has 2 aromatic heterocycles. The summed E-state index contributed by atoms with van der Waals surface area (Å²) in [6.45, 7) is 0. The van der Waals surface area contributed by atoms with Crippen molar-refractivity contribution in [1.82, 2.24) is 15.2 Å². The minimum absolute atomic E-state index is 0.234. The van der Waals surface area contributed by atoms with Crippen LogP contribution in [0.25, 0.3) is 0 Å². The van der Waals surface area contributed by atoms with Gasteiger partial charge in [0.05, 0.1) is 0 Å². The molecule has 0 saturated carbocycles. The maximum atomic E-state index is 11.7. The van der Waals surface area contributed by atoms with E-state index in [2.05, 4.69) is 15.2 Å². The summed E-state index contributed by atoms with van der Waals surface area (Å²) in [5, 5.41) is 7.53. The molecule has 2 aromatic rings. The largest absolute Gasteiger partial charge is 0.285 e. The second-order valence-corrected chi connectivity index (χ2v) is 3.17. The van der Waals surface area contributed by atoms with Gasteiger partial charge in [-0.05, 0) is 24.3 Å². The Bertz CT molecular complexity index is 470. The molecule has 5 heteroatoms. The van der Waals surface area contributed by atoms with Gasteiger partial charge in [-0.3, -0.25) is 9.78 Å². The molecule has 0 N–H and O–H groups in total. The van der Waals surface area contributed by atoms with E-state index in [-0.39, 0.29) is 16.6 Å². The number of halogens is 1. The van der Waals surface area contributed by atoms with Crippen molar-refractivity contribution in [3.05, 3.63) is 53.1 Å². The molecule has 2 rings (SSSR count). The Balaban J connectivity index is 2.33. The van der Waals surface area contributed by atoms with Crippen LogP contribution >= 0.6 is 11.6 Å². The van der Waals surface area contributed by atoms with Gasteiger partial charge in [-0.1, -0.05) is 17.7 Å². The Morgan fingerprint density at radius 3 is 2.53 bits per heavy atom. The Labute approximate surface area is 90.9 Å². The van der Waals surface area contributed by atoms with Crippen molar-refractivity contribution in [3.8, 4) is 0 Å². The zero-order valence-electron chi connectivity index (χ0n) is 7.59. The van der Waals surface area contributed by atoms with Gasteiger partial charge in [0, 0.05) is 6.20 Å². The zero-order valence-corrected chi connectivity index (χ0v) is 8.35. The van der Waals surface area contributed by atoms with Gasteiger partial charge in [0.1, 0.15) is 11.4 Å². The van der Waals surface area contributed by atoms with Gasteiger partial charge in [-0.25, -0.2) is 0 Å². The molecule has 0 aliphatic heterocycles. The first kappa shape index (κ1) is 9.73. The van der Waals surface area contributed by atoms with Crippen molar-refractivity contribution >= 4 is 17.4 Å². The molecule has 0 bridgehead atoms. The van der Waals surface area contributed by atoms with E-state index < -0.39 is 0 Å². The van der Waals surface area contributed by atoms with Crippen LogP contribution in [0.3, 0.4) is 0 Å². The predicted octanol–water partition coefficient (Wildman–Crippen LogP) is 1.76. The summed E-state index contributed by atoms with van der Waals surface area (Å²) in [6.07, 6.45) is 1.55. The summed E-state index contributed by atoms with van der Waals surface area (Å²) in [4.78, 5) is 15.7. The smallest absolute Gasteiger partial charge is 0.231 e. The molecule has 0 aliphatic carbocycles. The average molecular weight is 220 g/mol. The minimum atomic E-state index is -0.264. The SMILES string of the molecule is O=C(c1ccccn1)c1ccc(Cl)nn1. The topological polar surface area (TPSA) is 55.7 Å². The normalized spacial score (nSPS) is 9.93. The molecule has 0 atom stereocenters. The molecule has 0 fully saturated rings. The van der Waals surface area contributed by atoms with E-state index in [0.717, 1.165) is 0 Å². The number of hydrogen-bond acceptors (Lipinski definition) is 4. The molecule has 0 amide bonds. The van der Waals surface area contributed by atoms with E-state index in [9.17, 15) is 4.79 Å². The lowest BCUT2D eigenvalue weighted by atomic mass is 10.2. The van der Waals surface area contributed by atoms with E-state index in [1.165, 1.54) is 12.1 Å². The lowest BCUT2D eigenvalue weighted by molar-refractivity contribution is 0.102. The van der Waals surface area contributed by atoms with Crippen LogP contribution < -0.4 is 0 Å². The van der Waals surface area contributed by atoms with Gasteiger partial charge in [-0.15, -0.1) is 10.2 Å². The third-order valence-corrected chi connectivity index (χ3v) is 1.96. The summed E-state index contributed by atoms with van der Waals surface area (Å²) in [7, 11) is 0. The third-order valence-electron chi connectivity index (χ3n) is 1.76. The molecule has 15 heavy (non-hydrogen) atoms. The van der Waals surface area contributed by atoms with E-state index in [4.69, 9.17) is 11.6 Å². The molecular weight excluding hydrogens is 214 g/mol. The highest BCUT2D eigenvalue weighted by Crippen LogP contribution is 2.06. The number of carbonyl (C=O) groups excluding carboxylic acids is 1. The van der Waals surface area contributed by atoms with E-state index >= 15 is 0 Å². The first-order valence-corrected chi connectivity index (χ1v) is 4.60. The molecule has 0 radical (unpaired) electrons. The zero-order chi connectivity index (χ0) is 10.7. The summed E-state index contributed by atoms with van der Waals surface area (Å²) in [6, 6.07) is 8.14. The van der Waals surface area contributed by atoms with Crippen LogP contribution in [-0.2, 0) is 0 Å². The van der Waals surface area contributed by atoms with Gasteiger partial charge in [0.15, 0.2) is 5.15 Å². The minimum Gasteiger partial charge on any atom is -0.285 e. The lowest BCUT2D eigenvalue weighted by Crippen LogP contribution is -2.06. The third kappa shape index (κ3) is 2.16. The van der Waals surface area contributed by atoms with Crippen molar-refractivity contribution in [3.63, 3.8) is 0 Å². The Morgan fingerprint density at radius 2 is 1.93 bits per heavy atom. The maximum Gasteiger partial charge on any atom is 0.231 e. The highest BCUT2D eigenvalue weighted by atomic mass is 35.5. The first-order valence-electron chi connectivity index (χ1n) is 4.22. The van der Waals surface area contributed by atoms with Gasteiger partial charge >= 0.3 is 0 Å². The second kappa shape index (κ2) is 4.14. The van der Waals surface area contributed by atoms with Crippen LogP contribution in [0, 0.1) is 0 Å². The highest BCUT2D eigenvalue weighted by Gasteiger charge is 2.11. The van der Waals surface area contributed by atoms with Crippen molar-refractivity contribution in [1.29, 1.82) is 0 Å². The molecule has 0 unspecified atom stereocenters. The quantitative estimate of drug-likeness (QED) is 0.723. The maximum absolute atomic E-state index is 11.7. The molecule has 0 spiro atoms. The standard InChI is InChI=1S/C10H6ClN3O/c11-9-5-4-8(13-14-9)10(15)7-3-1-2-6-12-7/h1-6H. The number of ketones is 1. The van der Waals surface area contributed by atoms with Crippen molar-refractivity contribution in [2.75, 3.05) is 0 Å². The number of hydrogen-bond donors (Lipinski definition) is 0. The second-order valence-electron chi connectivity index (χ2n) is 2.79. The summed E-state index contributed by atoms with van der Waals surface area (Å²) >= 11 is 5.56. The van der Waals surface area contributed by atoms with Crippen LogP contribution in [0.2, 0.25) is 5.15 Å². The van der Waals surface area contributed by atoms with E-state index in [1.807, 2.05) is 0 Å². The fourth-order valence-electron chi connectivity index (χ4n) is 1.07. The van der Waals surface area contributed by atoms with E-state index in [1.54, 1.807) is 24.4 Å². The van der Waals surface area contributed by atoms with Crippen molar-refractivity contribution < 1.29 is 4.79 Å².